The Hall–Kier alpha value is -2.05. The first-order valence-electron chi connectivity index (χ1n) is 10.4. The molecule has 0 amide bonds. The number of hydrogen-bond donors (Lipinski definition) is 0. The molecule has 4 heterocycles. The molecule has 1 aromatic carbocycles. The maximum absolute atomic E-state index is 5.17. The second kappa shape index (κ2) is 7.89. The minimum atomic E-state index is 0.0273. The van der Waals surface area contributed by atoms with Crippen LogP contribution in [0.1, 0.15) is 48.1 Å². The van der Waals surface area contributed by atoms with E-state index in [1.165, 1.54) is 27.8 Å². The second-order valence-corrected chi connectivity index (χ2v) is 9.88. The zero-order valence-corrected chi connectivity index (χ0v) is 19.8. The summed E-state index contributed by atoms with van der Waals surface area (Å²) in [6, 6.07) is 17.7. The Labute approximate surface area is 190 Å². The average Bonchev–Trinajstić information content (AvgIpc) is 3.40. The summed E-state index contributed by atoms with van der Waals surface area (Å²) in [4.78, 5) is 12.4. The minimum absolute atomic E-state index is 0.0273. The number of rotatable bonds is 4. The molecule has 154 valence electrons. The molecule has 0 aliphatic carbocycles. The van der Waals surface area contributed by atoms with Crippen molar-refractivity contribution in [1.29, 1.82) is 0 Å². The maximum Gasteiger partial charge on any atom is 0.160 e. The first-order valence-corrected chi connectivity index (χ1v) is 12.2. The van der Waals surface area contributed by atoms with E-state index >= 15 is 0 Å². The Morgan fingerprint density at radius 1 is 1.13 bits per heavy atom. The monoisotopic (exact) mass is 480 g/mol. The Bertz CT molecular complexity index is 1110. The van der Waals surface area contributed by atoms with E-state index in [1.54, 1.807) is 0 Å². The second-order valence-electron chi connectivity index (χ2n) is 7.98. The Morgan fingerprint density at radius 3 is 2.73 bits per heavy atom. The highest BCUT2D eigenvalue weighted by Crippen LogP contribution is 2.49. The van der Waals surface area contributed by atoms with Gasteiger partial charge in [0, 0.05) is 39.5 Å². The van der Waals surface area contributed by atoms with Crippen molar-refractivity contribution in [1.82, 2.24) is 14.5 Å². The summed E-state index contributed by atoms with van der Waals surface area (Å²) >= 11 is 5.52. The van der Waals surface area contributed by atoms with Crippen LogP contribution in [0.3, 0.4) is 0 Å². The smallest absolute Gasteiger partial charge is 0.160 e. The van der Waals surface area contributed by atoms with Crippen LogP contribution >= 0.6 is 27.7 Å². The SMILES string of the molecule is CCC1CSC2=NC(c3ccccn3)C(c3cc(C)n(-c4cccc(Br)c4)c3C)N21. The first kappa shape index (κ1) is 19.9. The fraction of sp³-hybridized carbons (Fsp3) is 0.333. The molecule has 5 rings (SSSR count). The largest absolute Gasteiger partial charge is 0.338 e. The van der Waals surface area contributed by atoms with E-state index in [1.807, 2.05) is 24.0 Å². The van der Waals surface area contributed by atoms with Crippen molar-refractivity contribution in [2.75, 3.05) is 5.75 Å². The molecule has 0 N–H and O–H groups in total. The molecular formula is C24H25BrN4S. The fourth-order valence-electron chi connectivity index (χ4n) is 4.79. The quantitative estimate of drug-likeness (QED) is 0.443. The first-order chi connectivity index (χ1) is 14.6. The number of aryl methyl sites for hydroxylation is 1. The molecule has 4 nitrogen and oxygen atoms in total. The summed E-state index contributed by atoms with van der Waals surface area (Å²) in [5.41, 5.74) is 6.10. The number of nitrogens with zero attached hydrogens (tertiary/aromatic N) is 4. The molecule has 0 radical (unpaired) electrons. The van der Waals surface area contributed by atoms with Crippen LogP contribution in [-0.2, 0) is 0 Å². The van der Waals surface area contributed by atoms with Crippen molar-refractivity contribution in [3.63, 3.8) is 0 Å². The molecule has 1 fully saturated rings. The van der Waals surface area contributed by atoms with E-state index in [0.717, 1.165) is 22.3 Å². The van der Waals surface area contributed by atoms with Crippen LogP contribution in [0.15, 0.2) is 64.2 Å². The van der Waals surface area contributed by atoms with Crippen molar-refractivity contribution in [3.05, 3.63) is 81.8 Å². The number of amidine groups is 1. The van der Waals surface area contributed by atoms with Gasteiger partial charge in [-0.25, -0.2) is 0 Å². The van der Waals surface area contributed by atoms with Crippen LogP contribution in [0.25, 0.3) is 5.69 Å². The van der Waals surface area contributed by atoms with Gasteiger partial charge in [-0.2, -0.15) is 0 Å². The molecule has 2 aromatic heterocycles. The van der Waals surface area contributed by atoms with Gasteiger partial charge in [0.1, 0.15) is 6.04 Å². The molecule has 2 aliphatic rings. The molecule has 6 heteroatoms. The summed E-state index contributed by atoms with van der Waals surface area (Å²) in [6.45, 7) is 6.71. The Morgan fingerprint density at radius 2 is 2.00 bits per heavy atom. The normalized spacial score (nSPS) is 23.0. The zero-order chi connectivity index (χ0) is 20.8. The molecule has 1 saturated heterocycles. The number of pyridine rings is 1. The summed E-state index contributed by atoms with van der Waals surface area (Å²) in [6.07, 6.45) is 3.01. The molecule has 2 aliphatic heterocycles. The van der Waals surface area contributed by atoms with Crippen molar-refractivity contribution in [3.8, 4) is 5.69 Å². The number of halogens is 1. The molecule has 30 heavy (non-hydrogen) atoms. The Kier molecular flexibility index (Phi) is 5.23. The average molecular weight is 481 g/mol. The number of thioether (sulfide) groups is 1. The van der Waals surface area contributed by atoms with Gasteiger partial charge in [0.15, 0.2) is 5.17 Å². The molecule has 3 unspecified atom stereocenters. The van der Waals surface area contributed by atoms with Gasteiger partial charge in [0.05, 0.1) is 11.7 Å². The van der Waals surface area contributed by atoms with E-state index in [9.17, 15) is 0 Å². The van der Waals surface area contributed by atoms with Crippen molar-refractivity contribution < 1.29 is 0 Å². The van der Waals surface area contributed by atoms with Gasteiger partial charge in [-0.3, -0.25) is 9.98 Å². The lowest BCUT2D eigenvalue weighted by Crippen LogP contribution is -2.35. The topological polar surface area (TPSA) is 33.4 Å². The standard InChI is InChI=1S/C24H25BrN4S/c1-4-18-14-30-24-27-22(21-10-5-6-11-26-21)23(29(18)24)20-12-15(2)28(16(20)3)19-9-7-8-17(25)13-19/h5-13,18,22-23H,4,14H2,1-3H3. The predicted molar refractivity (Wildman–Crippen MR) is 128 cm³/mol. The van der Waals surface area contributed by atoms with Crippen LogP contribution in [0, 0.1) is 13.8 Å². The maximum atomic E-state index is 5.17. The number of aliphatic imine (C=N–C) groups is 1. The number of aromatic nitrogens is 2. The molecule has 0 spiro atoms. The van der Waals surface area contributed by atoms with Crippen LogP contribution in [0.5, 0.6) is 0 Å². The lowest BCUT2D eigenvalue weighted by molar-refractivity contribution is 0.254. The molecule has 0 saturated carbocycles. The van der Waals surface area contributed by atoms with E-state index < -0.39 is 0 Å². The van der Waals surface area contributed by atoms with E-state index in [2.05, 4.69) is 93.6 Å². The van der Waals surface area contributed by atoms with Gasteiger partial charge in [-0.05, 0) is 62.2 Å². The lowest BCUT2D eigenvalue weighted by Gasteiger charge is -2.32. The van der Waals surface area contributed by atoms with E-state index in [0.29, 0.717) is 6.04 Å². The summed E-state index contributed by atoms with van der Waals surface area (Å²) in [5.74, 6) is 1.12. The van der Waals surface area contributed by atoms with Crippen LogP contribution < -0.4 is 0 Å². The van der Waals surface area contributed by atoms with E-state index in [-0.39, 0.29) is 12.1 Å². The highest BCUT2D eigenvalue weighted by molar-refractivity contribution is 9.10. The summed E-state index contributed by atoms with van der Waals surface area (Å²) < 4.78 is 3.45. The number of hydrogen-bond acceptors (Lipinski definition) is 4. The van der Waals surface area contributed by atoms with Gasteiger partial charge in [-0.15, -0.1) is 0 Å². The van der Waals surface area contributed by atoms with Gasteiger partial charge in [-0.1, -0.05) is 46.7 Å². The Balaban J connectivity index is 1.64. The molecule has 3 atom stereocenters. The number of fused-ring (bicyclic) bond motifs is 1. The predicted octanol–water partition coefficient (Wildman–Crippen LogP) is 6.23. The molecule has 0 bridgehead atoms. The van der Waals surface area contributed by atoms with Crippen LogP contribution in [-0.4, -0.2) is 31.4 Å². The lowest BCUT2D eigenvalue weighted by atomic mass is 9.95. The van der Waals surface area contributed by atoms with Crippen LogP contribution in [0.4, 0.5) is 0 Å². The van der Waals surface area contributed by atoms with Crippen molar-refractivity contribution in [2.24, 2.45) is 4.99 Å². The van der Waals surface area contributed by atoms with Crippen molar-refractivity contribution in [2.45, 2.75) is 45.3 Å². The molecule has 3 aromatic rings. The highest BCUT2D eigenvalue weighted by atomic mass is 79.9. The van der Waals surface area contributed by atoms with Gasteiger partial charge < -0.3 is 9.47 Å². The molecular weight excluding hydrogens is 456 g/mol. The van der Waals surface area contributed by atoms with E-state index in [4.69, 9.17) is 4.99 Å². The van der Waals surface area contributed by atoms with Crippen molar-refractivity contribution >= 4 is 32.9 Å². The third-order valence-corrected chi connectivity index (χ3v) is 7.80. The highest BCUT2D eigenvalue weighted by Gasteiger charge is 2.46. The third-order valence-electron chi connectivity index (χ3n) is 6.18. The van der Waals surface area contributed by atoms with Crippen LogP contribution in [0.2, 0.25) is 0 Å². The van der Waals surface area contributed by atoms with Gasteiger partial charge >= 0.3 is 0 Å². The fourth-order valence-corrected chi connectivity index (χ4v) is 6.51. The minimum Gasteiger partial charge on any atom is -0.338 e. The zero-order valence-electron chi connectivity index (χ0n) is 17.4. The van der Waals surface area contributed by atoms with Gasteiger partial charge in [0.25, 0.3) is 0 Å². The third kappa shape index (κ3) is 3.21. The summed E-state index contributed by atoms with van der Waals surface area (Å²) in [7, 11) is 0. The summed E-state index contributed by atoms with van der Waals surface area (Å²) in [5, 5.41) is 1.18. The number of benzene rings is 1. The van der Waals surface area contributed by atoms with Gasteiger partial charge in [0.2, 0.25) is 0 Å².